The third-order valence-corrected chi connectivity index (χ3v) is 5.00. The zero-order valence-corrected chi connectivity index (χ0v) is 11.5. The Morgan fingerprint density at radius 3 is 2.88 bits per heavy atom. The Kier molecular flexibility index (Phi) is 4.46. The van der Waals surface area contributed by atoms with Gasteiger partial charge >= 0.3 is 0 Å². The molecule has 3 atom stereocenters. The zero-order valence-electron chi connectivity index (χ0n) is 10.7. The number of thiophene rings is 1. The van der Waals surface area contributed by atoms with Crippen LogP contribution in [-0.4, -0.2) is 12.2 Å². The highest BCUT2D eigenvalue weighted by Crippen LogP contribution is 2.42. The lowest BCUT2D eigenvalue weighted by atomic mass is 9.74. The molecule has 0 saturated heterocycles. The lowest BCUT2D eigenvalue weighted by Crippen LogP contribution is -2.24. The SMILES string of the molecule is CCC1CCCCC1C(O)c1cc(OC)cs1. The van der Waals surface area contributed by atoms with Gasteiger partial charge in [-0.15, -0.1) is 11.3 Å². The molecule has 17 heavy (non-hydrogen) atoms. The zero-order chi connectivity index (χ0) is 12.3. The average Bonchev–Trinajstić information content (AvgIpc) is 2.86. The third kappa shape index (κ3) is 2.83. The van der Waals surface area contributed by atoms with E-state index in [9.17, 15) is 5.11 Å². The second kappa shape index (κ2) is 5.87. The van der Waals surface area contributed by atoms with Crippen molar-refractivity contribution in [2.45, 2.75) is 45.1 Å². The molecule has 1 aromatic heterocycles. The molecule has 0 bridgehead atoms. The number of aliphatic hydroxyl groups excluding tert-OH is 1. The van der Waals surface area contributed by atoms with Gasteiger partial charge in [0.05, 0.1) is 13.2 Å². The Bertz CT molecular complexity index is 348. The first-order chi connectivity index (χ1) is 8.26. The molecule has 0 spiro atoms. The number of hydrogen-bond acceptors (Lipinski definition) is 3. The van der Waals surface area contributed by atoms with E-state index in [1.807, 2.05) is 11.4 Å². The molecule has 3 heteroatoms. The molecule has 2 nitrogen and oxygen atoms in total. The summed E-state index contributed by atoms with van der Waals surface area (Å²) >= 11 is 1.61. The van der Waals surface area contributed by atoms with Gasteiger partial charge in [-0.05, 0) is 24.3 Å². The normalized spacial score (nSPS) is 26.8. The Morgan fingerprint density at radius 2 is 2.24 bits per heavy atom. The van der Waals surface area contributed by atoms with Crippen LogP contribution >= 0.6 is 11.3 Å². The maximum atomic E-state index is 10.5. The minimum absolute atomic E-state index is 0.297. The fourth-order valence-corrected chi connectivity index (χ4v) is 3.88. The van der Waals surface area contributed by atoms with E-state index in [2.05, 4.69) is 6.92 Å². The summed E-state index contributed by atoms with van der Waals surface area (Å²) < 4.78 is 5.18. The molecular formula is C14H22O2S. The van der Waals surface area contributed by atoms with Gasteiger partial charge in [-0.3, -0.25) is 0 Å². The number of rotatable bonds is 4. The Balaban J connectivity index is 2.09. The van der Waals surface area contributed by atoms with Crippen LogP contribution in [0.15, 0.2) is 11.4 Å². The number of ether oxygens (including phenoxy) is 1. The van der Waals surface area contributed by atoms with E-state index in [0.29, 0.717) is 11.8 Å². The lowest BCUT2D eigenvalue weighted by molar-refractivity contribution is 0.0476. The summed E-state index contributed by atoms with van der Waals surface area (Å²) in [6.07, 6.45) is 5.93. The van der Waals surface area contributed by atoms with Crippen LogP contribution in [0.1, 0.15) is 50.0 Å². The largest absolute Gasteiger partial charge is 0.496 e. The first-order valence-corrected chi connectivity index (χ1v) is 7.44. The highest BCUT2D eigenvalue weighted by Gasteiger charge is 2.31. The summed E-state index contributed by atoms with van der Waals surface area (Å²) in [5, 5.41) is 12.5. The van der Waals surface area contributed by atoms with Crippen LogP contribution < -0.4 is 4.74 Å². The van der Waals surface area contributed by atoms with Crippen molar-refractivity contribution in [1.82, 2.24) is 0 Å². The fraction of sp³-hybridized carbons (Fsp3) is 0.714. The van der Waals surface area contributed by atoms with Crippen molar-refractivity contribution in [3.63, 3.8) is 0 Å². The van der Waals surface area contributed by atoms with Gasteiger partial charge in [0.2, 0.25) is 0 Å². The van der Waals surface area contributed by atoms with Crippen LogP contribution in [0, 0.1) is 11.8 Å². The third-order valence-electron chi connectivity index (χ3n) is 4.02. The van der Waals surface area contributed by atoms with Crippen LogP contribution in [0.4, 0.5) is 0 Å². The second-order valence-electron chi connectivity index (χ2n) is 4.95. The van der Waals surface area contributed by atoms with E-state index >= 15 is 0 Å². The minimum atomic E-state index is -0.297. The van der Waals surface area contributed by atoms with E-state index in [1.165, 1.54) is 32.1 Å². The smallest absolute Gasteiger partial charge is 0.129 e. The van der Waals surface area contributed by atoms with Gasteiger partial charge in [-0.1, -0.05) is 32.6 Å². The van der Waals surface area contributed by atoms with Gasteiger partial charge in [-0.2, -0.15) is 0 Å². The summed E-state index contributed by atoms with van der Waals surface area (Å²) in [5.41, 5.74) is 0. The molecule has 0 amide bonds. The summed E-state index contributed by atoms with van der Waals surface area (Å²) in [4.78, 5) is 1.06. The predicted molar refractivity (Wildman–Crippen MR) is 71.6 cm³/mol. The minimum Gasteiger partial charge on any atom is -0.496 e. The van der Waals surface area contributed by atoms with Crippen molar-refractivity contribution in [2.24, 2.45) is 11.8 Å². The van der Waals surface area contributed by atoms with Crippen LogP contribution in [0.5, 0.6) is 5.75 Å². The fourth-order valence-electron chi connectivity index (χ4n) is 2.97. The Labute approximate surface area is 108 Å². The van der Waals surface area contributed by atoms with Gasteiger partial charge < -0.3 is 9.84 Å². The molecule has 3 unspecified atom stereocenters. The molecule has 1 saturated carbocycles. The van der Waals surface area contributed by atoms with E-state index < -0.39 is 0 Å². The average molecular weight is 254 g/mol. The summed E-state index contributed by atoms with van der Waals surface area (Å²) in [6, 6.07) is 1.98. The molecule has 96 valence electrons. The maximum absolute atomic E-state index is 10.5. The predicted octanol–water partition coefficient (Wildman–Crippen LogP) is 4.01. The van der Waals surface area contributed by atoms with Gasteiger partial charge in [0.15, 0.2) is 0 Å². The molecule has 1 aromatic rings. The van der Waals surface area contributed by atoms with Crippen molar-refractivity contribution in [3.8, 4) is 5.75 Å². The lowest BCUT2D eigenvalue weighted by Gasteiger charge is -2.33. The standard InChI is InChI=1S/C14H22O2S/c1-3-10-6-4-5-7-12(10)14(15)13-8-11(16-2)9-17-13/h8-10,12,14-15H,3-7H2,1-2H3. The van der Waals surface area contributed by atoms with Gasteiger partial charge in [0, 0.05) is 10.3 Å². The summed E-state index contributed by atoms with van der Waals surface area (Å²) in [5.74, 6) is 2.00. The molecule has 1 aliphatic carbocycles. The van der Waals surface area contributed by atoms with Crippen LogP contribution in [0.3, 0.4) is 0 Å². The molecule has 0 aliphatic heterocycles. The summed E-state index contributed by atoms with van der Waals surface area (Å²) in [6.45, 7) is 2.24. The van der Waals surface area contributed by atoms with E-state index in [0.717, 1.165) is 10.6 Å². The highest BCUT2D eigenvalue weighted by molar-refractivity contribution is 7.10. The molecule has 0 aromatic carbocycles. The number of hydrogen-bond donors (Lipinski definition) is 1. The van der Waals surface area contributed by atoms with Gasteiger partial charge in [0.1, 0.15) is 5.75 Å². The van der Waals surface area contributed by atoms with Crippen LogP contribution in [-0.2, 0) is 0 Å². The van der Waals surface area contributed by atoms with Crippen LogP contribution in [0.2, 0.25) is 0 Å². The maximum Gasteiger partial charge on any atom is 0.129 e. The van der Waals surface area contributed by atoms with Crippen molar-refractivity contribution in [2.75, 3.05) is 7.11 Å². The molecule has 1 fully saturated rings. The molecule has 1 aliphatic rings. The van der Waals surface area contributed by atoms with Gasteiger partial charge in [-0.25, -0.2) is 0 Å². The van der Waals surface area contributed by atoms with Crippen molar-refractivity contribution < 1.29 is 9.84 Å². The van der Waals surface area contributed by atoms with E-state index in [-0.39, 0.29) is 6.10 Å². The first kappa shape index (κ1) is 12.9. The highest BCUT2D eigenvalue weighted by atomic mass is 32.1. The molecule has 0 radical (unpaired) electrons. The molecular weight excluding hydrogens is 232 g/mol. The second-order valence-corrected chi connectivity index (χ2v) is 5.89. The number of aliphatic hydroxyl groups is 1. The Hall–Kier alpha value is -0.540. The van der Waals surface area contributed by atoms with Gasteiger partial charge in [0.25, 0.3) is 0 Å². The van der Waals surface area contributed by atoms with Crippen molar-refractivity contribution in [1.29, 1.82) is 0 Å². The quantitative estimate of drug-likeness (QED) is 0.879. The first-order valence-electron chi connectivity index (χ1n) is 6.56. The van der Waals surface area contributed by atoms with Crippen LogP contribution in [0.25, 0.3) is 0 Å². The number of methoxy groups -OCH3 is 1. The van der Waals surface area contributed by atoms with E-state index in [4.69, 9.17) is 4.74 Å². The molecule has 1 N–H and O–H groups in total. The molecule has 1 heterocycles. The Morgan fingerprint density at radius 1 is 1.47 bits per heavy atom. The topological polar surface area (TPSA) is 29.5 Å². The molecule has 2 rings (SSSR count). The van der Waals surface area contributed by atoms with Crippen molar-refractivity contribution in [3.05, 3.63) is 16.3 Å². The van der Waals surface area contributed by atoms with Crippen molar-refractivity contribution >= 4 is 11.3 Å². The monoisotopic (exact) mass is 254 g/mol. The van der Waals surface area contributed by atoms with E-state index in [1.54, 1.807) is 18.4 Å². The summed E-state index contributed by atoms with van der Waals surface area (Å²) in [7, 11) is 1.67.